The van der Waals surface area contributed by atoms with Crippen molar-refractivity contribution in [3.8, 4) is 5.75 Å². The quantitative estimate of drug-likeness (QED) is 0.131. The number of ether oxygens (including phenoxy) is 2. The second-order valence-electron chi connectivity index (χ2n) is 10.4. The van der Waals surface area contributed by atoms with E-state index in [-0.39, 0.29) is 18.7 Å². The molecule has 0 saturated heterocycles. The zero-order valence-corrected chi connectivity index (χ0v) is 24.2. The molecule has 0 bridgehead atoms. The van der Waals surface area contributed by atoms with Crippen molar-refractivity contribution in [1.29, 1.82) is 0 Å². The lowest BCUT2D eigenvalue weighted by atomic mass is 9.67. The second-order valence-corrected chi connectivity index (χ2v) is 10.4. The SMILES string of the molecule is COC(=O)[C@H](Cc1cccc(OCc2ccccc2)c1)NC(=O)CC(c1ccccc1)(c1ccccc1)c1ccccc1. The lowest BCUT2D eigenvalue weighted by molar-refractivity contribution is -0.145. The largest absolute Gasteiger partial charge is 0.489 e. The molecule has 0 heterocycles. The summed E-state index contributed by atoms with van der Waals surface area (Å²) in [6, 6.07) is 46.7. The van der Waals surface area contributed by atoms with Gasteiger partial charge in [-0.1, -0.05) is 133 Å². The van der Waals surface area contributed by atoms with Gasteiger partial charge in [-0.25, -0.2) is 4.79 Å². The van der Waals surface area contributed by atoms with Gasteiger partial charge in [0, 0.05) is 12.8 Å². The Kier molecular flexibility index (Phi) is 9.65. The smallest absolute Gasteiger partial charge is 0.328 e. The first-order valence-corrected chi connectivity index (χ1v) is 14.4. The van der Waals surface area contributed by atoms with Crippen molar-refractivity contribution >= 4 is 11.9 Å². The van der Waals surface area contributed by atoms with E-state index in [9.17, 15) is 9.59 Å². The molecule has 5 nitrogen and oxygen atoms in total. The summed E-state index contributed by atoms with van der Waals surface area (Å²) in [6.45, 7) is 0.433. The number of benzene rings is 5. The maximum absolute atomic E-state index is 14.0. The van der Waals surface area contributed by atoms with Gasteiger partial charge in [-0.05, 0) is 39.9 Å². The van der Waals surface area contributed by atoms with Crippen LogP contribution in [0.4, 0.5) is 0 Å². The van der Waals surface area contributed by atoms with Gasteiger partial charge >= 0.3 is 5.97 Å². The molecule has 0 aliphatic heterocycles. The molecule has 0 radical (unpaired) electrons. The number of hydrogen-bond donors (Lipinski definition) is 1. The molecular formula is C38H35NO4. The van der Waals surface area contributed by atoms with Crippen LogP contribution in [0.1, 0.15) is 34.2 Å². The third-order valence-corrected chi connectivity index (χ3v) is 7.63. The molecule has 0 fully saturated rings. The van der Waals surface area contributed by atoms with Gasteiger partial charge in [0.2, 0.25) is 5.91 Å². The van der Waals surface area contributed by atoms with Crippen LogP contribution in [0.5, 0.6) is 5.75 Å². The summed E-state index contributed by atoms with van der Waals surface area (Å²) in [5.41, 5.74) is 4.09. The highest BCUT2D eigenvalue weighted by atomic mass is 16.5. The first-order chi connectivity index (χ1) is 21.1. The summed E-state index contributed by atoms with van der Waals surface area (Å²) in [5.74, 6) is -0.0790. The van der Waals surface area contributed by atoms with Crippen LogP contribution in [0.3, 0.4) is 0 Å². The van der Waals surface area contributed by atoms with E-state index in [0.717, 1.165) is 27.8 Å². The molecule has 0 saturated carbocycles. The lowest BCUT2D eigenvalue weighted by Crippen LogP contribution is -2.46. The van der Waals surface area contributed by atoms with Gasteiger partial charge in [0.25, 0.3) is 0 Å². The van der Waals surface area contributed by atoms with Gasteiger partial charge in [0.1, 0.15) is 18.4 Å². The molecule has 0 aromatic heterocycles. The molecule has 1 amide bonds. The Morgan fingerprint density at radius 2 is 1.14 bits per heavy atom. The number of hydrogen-bond acceptors (Lipinski definition) is 4. The van der Waals surface area contributed by atoms with E-state index in [2.05, 4.69) is 5.32 Å². The van der Waals surface area contributed by atoms with Crippen molar-refractivity contribution < 1.29 is 19.1 Å². The van der Waals surface area contributed by atoms with Crippen LogP contribution in [-0.4, -0.2) is 25.0 Å². The molecule has 5 heteroatoms. The first kappa shape index (κ1) is 29.3. The molecule has 0 aliphatic rings. The van der Waals surface area contributed by atoms with Gasteiger partial charge in [-0.3, -0.25) is 4.79 Å². The van der Waals surface area contributed by atoms with Crippen LogP contribution in [0.2, 0.25) is 0 Å². The van der Waals surface area contributed by atoms with E-state index in [4.69, 9.17) is 9.47 Å². The number of methoxy groups -OCH3 is 1. The van der Waals surface area contributed by atoms with Crippen molar-refractivity contribution in [2.45, 2.75) is 30.9 Å². The summed E-state index contributed by atoms with van der Waals surface area (Å²) in [7, 11) is 1.34. The van der Waals surface area contributed by atoms with Crippen molar-refractivity contribution in [1.82, 2.24) is 5.32 Å². The Balaban J connectivity index is 1.41. The van der Waals surface area contributed by atoms with Crippen molar-refractivity contribution in [3.05, 3.63) is 173 Å². The average Bonchev–Trinajstić information content (AvgIpc) is 3.07. The molecule has 0 spiro atoms. The summed E-state index contributed by atoms with van der Waals surface area (Å²) < 4.78 is 11.1. The third-order valence-electron chi connectivity index (χ3n) is 7.63. The minimum atomic E-state index is -0.873. The zero-order chi connectivity index (χ0) is 29.9. The summed E-state index contributed by atoms with van der Waals surface area (Å²) >= 11 is 0. The minimum absolute atomic E-state index is 0.0960. The molecule has 0 unspecified atom stereocenters. The van der Waals surface area contributed by atoms with Gasteiger partial charge in [0.05, 0.1) is 12.5 Å². The van der Waals surface area contributed by atoms with E-state index in [1.165, 1.54) is 7.11 Å². The fourth-order valence-electron chi connectivity index (χ4n) is 5.53. The van der Waals surface area contributed by atoms with Crippen LogP contribution in [0, 0.1) is 0 Å². The number of amides is 1. The Labute approximate surface area is 253 Å². The molecule has 1 atom stereocenters. The van der Waals surface area contributed by atoms with Crippen LogP contribution in [0.25, 0.3) is 0 Å². The summed E-state index contributed by atoms with van der Waals surface area (Å²) in [6.07, 6.45) is 0.356. The highest BCUT2D eigenvalue weighted by molar-refractivity contribution is 5.86. The molecule has 5 aromatic rings. The molecule has 43 heavy (non-hydrogen) atoms. The number of esters is 1. The number of nitrogens with one attached hydrogen (secondary N) is 1. The van der Waals surface area contributed by atoms with E-state index >= 15 is 0 Å². The maximum atomic E-state index is 14.0. The van der Waals surface area contributed by atoms with Crippen LogP contribution in [0.15, 0.2) is 146 Å². The summed E-state index contributed by atoms with van der Waals surface area (Å²) in [5, 5.41) is 3.00. The fraction of sp³-hybridized carbons (Fsp3) is 0.158. The molecule has 216 valence electrons. The van der Waals surface area contributed by atoms with Crippen molar-refractivity contribution in [2.75, 3.05) is 7.11 Å². The molecule has 0 aliphatic carbocycles. The standard InChI is InChI=1S/C38H35NO4/c1-42-37(41)35(26-30-17-14-24-34(25-30)43-28-29-15-6-2-7-16-29)39-36(40)27-38(31-18-8-3-9-19-31,32-20-10-4-11-21-32)33-22-12-5-13-23-33/h2-25,35H,26-28H2,1H3,(H,39,40)/t35-/m0/s1. The Morgan fingerprint density at radius 3 is 1.65 bits per heavy atom. The molecule has 5 rings (SSSR count). The van der Waals surface area contributed by atoms with Gasteiger partial charge < -0.3 is 14.8 Å². The van der Waals surface area contributed by atoms with Crippen LogP contribution >= 0.6 is 0 Å². The molecule has 5 aromatic carbocycles. The number of carbonyl (C=O) groups is 2. The van der Waals surface area contributed by atoms with E-state index in [0.29, 0.717) is 12.4 Å². The van der Waals surface area contributed by atoms with Crippen molar-refractivity contribution in [2.24, 2.45) is 0 Å². The zero-order valence-electron chi connectivity index (χ0n) is 24.2. The average molecular weight is 570 g/mol. The van der Waals surface area contributed by atoms with E-state index in [1.807, 2.05) is 146 Å². The Morgan fingerprint density at radius 1 is 0.651 bits per heavy atom. The topological polar surface area (TPSA) is 64.6 Å². The van der Waals surface area contributed by atoms with Gasteiger partial charge in [0.15, 0.2) is 0 Å². The Hall–Kier alpha value is -5.16. The normalized spacial score (nSPS) is 11.7. The van der Waals surface area contributed by atoms with Gasteiger partial charge in [-0.2, -0.15) is 0 Å². The number of rotatable bonds is 12. The maximum Gasteiger partial charge on any atom is 0.328 e. The monoisotopic (exact) mass is 569 g/mol. The lowest BCUT2D eigenvalue weighted by Gasteiger charge is -2.36. The van der Waals surface area contributed by atoms with Gasteiger partial charge in [-0.15, -0.1) is 0 Å². The Bertz CT molecular complexity index is 1510. The predicted molar refractivity (Wildman–Crippen MR) is 169 cm³/mol. The van der Waals surface area contributed by atoms with Crippen LogP contribution < -0.4 is 10.1 Å². The summed E-state index contributed by atoms with van der Waals surface area (Å²) in [4.78, 5) is 26.9. The number of carbonyl (C=O) groups excluding carboxylic acids is 2. The molecule has 1 N–H and O–H groups in total. The third kappa shape index (κ3) is 7.19. The molecular weight excluding hydrogens is 534 g/mol. The predicted octanol–water partition coefficient (Wildman–Crippen LogP) is 6.89. The first-order valence-electron chi connectivity index (χ1n) is 14.4. The van der Waals surface area contributed by atoms with Crippen molar-refractivity contribution in [3.63, 3.8) is 0 Å². The fourth-order valence-corrected chi connectivity index (χ4v) is 5.53. The van der Waals surface area contributed by atoms with Crippen LogP contribution in [-0.2, 0) is 32.8 Å². The highest BCUT2D eigenvalue weighted by Crippen LogP contribution is 2.42. The highest BCUT2D eigenvalue weighted by Gasteiger charge is 2.39. The second kappa shape index (κ2) is 14.1. The van der Waals surface area contributed by atoms with E-state index < -0.39 is 17.4 Å². The minimum Gasteiger partial charge on any atom is -0.489 e. The van der Waals surface area contributed by atoms with E-state index in [1.54, 1.807) is 0 Å².